The van der Waals surface area contributed by atoms with Gasteiger partial charge >= 0.3 is 0 Å². The summed E-state index contributed by atoms with van der Waals surface area (Å²) in [7, 11) is 0. The highest BCUT2D eigenvalue weighted by Crippen LogP contribution is 2.16. The van der Waals surface area contributed by atoms with Gasteiger partial charge in [0.1, 0.15) is 5.82 Å². The molecule has 2 aromatic carbocycles. The van der Waals surface area contributed by atoms with Gasteiger partial charge in [0.15, 0.2) is 5.84 Å². The monoisotopic (exact) mass is 287 g/mol. The SMILES string of the molecule is CC(NCc1cccc(C(N)=NO)c1)c1ccccc1F. The Morgan fingerprint density at radius 2 is 2.05 bits per heavy atom. The molecule has 0 aliphatic heterocycles. The van der Waals surface area contributed by atoms with E-state index in [1.165, 1.54) is 6.07 Å². The molecule has 1 atom stereocenters. The van der Waals surface area contributed by atoms with Gasteiger partial charge < -0.3 is 16.3 Å². The Balaban J connectivity index is 2.05. The molecule has 0 saturated heterocycles. The van der Waals surface area contributed by atoms with E-state index in [4.69, 9.17) is 10.9 Å². The molecule has 0 radical (unpaired) electrons. The number of nitrogens with one attached hydrogen (secondary N) is 1. The van der Waals surface area contributed by atoms with Crippen LogP contribution in [0, 0.1) is 5.82 Å². The molecule has 0 aromatic heterocycles. The Morgan fingerprint density at radius 1 is 1.29 bits per heavy atom. The number of oxime groups is 1. The highest BCUT2D eigenvalue weighted by molar-refractivity contribution is 5.97. The van der Waals surface area contributed by atoms with Gasteiger partial charge in [0, 0.05) is 23.7 Å². The zero-order valence-corrected chi connectivity index (χ0v) is 11.8. The number of nitrogens with two attached hydrogens (primary N) is 1. The number of halogens is 1. The average Bonchev–Trinajstić information content (AvgIpc) is 2.52. The Labute approximate surface area is 123 Å². The molecule has 0 heterocycles. The molecule has 1 unspecified atom stereocenters. The maximum absolute atomic E-state index is 13.7. The minimum absolute atomic E-state index is 0.0685. The number of hydrogen-bond donors (Lipinski definition) is 3. The van der Waals surface area contributed by atoms with Crippen molar-refractivity contribution in [3.63, 3.8) is 0 Å². The largest absolute Gasteiger partial charge is 0.409 e. The summed E-state index contributed by atoms with van der Waals surface area (Å²) in [5.41, 5.74) is 7.81. The van der Waals surface area contributed by atoms with Crippen LogP contribution >= 0.6 is 0 Å². The Kier molecular flexibility index (Phi) is 4.90. The van der Waals surface area contributed by atoms with Gasteiger partial charge in [0.2, 0.25) is 0 Å². The number of rotatable bonds is 5. The van der Waals surface area contributed by atoms with Crippen LogP contribution < -0.4 is 11.1 Å². The van der Waals surface area contributed by atoms with Gasteiger partial charge in [-0.05, 0) is 24.6 Å². The standard InChI is InChI=1S/C16H18FN3O/c1-11(14-7-2-3-8-15(14)17)19-10-12-5-4-6-13(9-12)16(18)20-21/h2-9,11,19,21H,10H2,1H3,(H2,18,20). The molecule has 2 rings (SSSR count). The molecule has 0 aliphatic rings. The van der Waals surface area contributed by atoms with Crippen molar-refractivity contribution in [3.05, 3.63) is 71.0 Å². The topological polar surface area (TPSA) is 70.6 Å². The number of hydrogen-bond acceptors (Lipinski definition) is 3. The van der Waals surface area contributed by atoms with Gasteiger partial charge in [-0.15, -0.1) is 0 Å². The van der Waals surface area contributed by atoms with E-state index in [-0.39, 0.29) is 17.7 Å². The van der Waals surface area contributed by atoms with Crippen LogP contribution in [-0.2, 0) is 6.54 Å². The van der Waals surface area contributed by atoms with E-state index in [1.807, 2.05) is 31.2 Å². The van der Waals surface area contributed by atoms with E-state index < -0.39 is 0 Å². The van der Waals surface area contributed by atoms with E-state index in [1.54, 1.807) is 18.2 Å². The van der Waals surface area contributed by atoms with Crippen LogP contribution in [0.15, 0.2) is 53.7 Å². The van der Waals surface area contributed by atoms with E-state index in [9.17, 15) is 4.39 Å². The summed E-state index contributed by atoms with van der Waals surface area (Å²) in [6, 6.07) is 13.9. The summed E-state index contributed by atoms with van der Waals surface area (Å²) in [4.78, 5) is 0. The average molecular weight is 287 g/mol. The van der Waals surface area contributed by atoms with Crippen molar-refractivity contribution in [1.29, 1.82) is 0 Å². The van der Waals surface area contributed by atoms with Gasteiger partial charge in [0.05, 0.1) is 0 Å². The lowest BCUT2D eigenvalue weighted by molar-refractivity contribution is 0.318. The van der Waals surface area contributed by atoms with Crippen LogP contribution in [0.2, 0.25) is 0 Å². The van der Waals surface area contributed by atoms with Crippen LogP contribution in [0.5, 0.6) is 0 Å². The van der Waals surface area contributed by atoms with Crippen molar-refractivity contribution in [2.24, 2.45) is 10.9 Å². The highest BCUT2D eigenvalue weighted by Gasteiger charge is 2.09. The van der Waals surface area contributed by atoms with Crippen molar-refractivity contribution in [2.75, 3.05) is 0 Å². The summed E-state index contributed by atoms with van der Waals surface area (Å²) < 4.78 is 13.7. The van der Waals surface area contributed by atoms with Gasteiger partial charge in [-0.25, -0.2) is 4.39 Å². The van der Waals surface area contributed by atoms with Gasteiger partial charge in [-0.2, -0.15) is 0 Å². The first-order valence-electron chi connectivity index (χ1n) is 6.66. The van der Waals surface area contributed by atoms with Crippen LogP contribution in [-0.4, -0.2) is 11.0 Å². The second kappa shape index (κ2) is 6.85. The first-order valence-corrected chi connectivity index (χ1v) is 6.66. The Hall–Kier alpha value is -2.40. The smallest absolute Gasteiger partial charge is 0.170 e. The third-order valence-electron chi connectivity index (χ3n) is 3.31. The molecule has 4 nitrogen and oxygen atoms in total. The number of benzene rings is 2. The van der Waals surface area contributed by atoms with E-state index in [2.05, 4.69) is 10.5 Å². The summed E-state index contributed by atoms with van der Waals surface area (Å²) in [5, 5.41) is 14.9. The highest BCUT2D eigenvalue weighted by atomic mass is 19.1. The first kappa shape index (κ1) is 15.0. The fourth-order valence-electron chi connectivity index (χ4n) is 2.11. The lowest BCUT2D eigenvalue weighted by Gasteiger charge is -2.15. The third kappa shape index (κ3) is 3.79. The van der Waals surface area contributed by atoms with Crippen molar-refractivity contribution < 1.29 is 9.60 Å². The Bertz CT molecular complexity index is 643. The molecule has 0 aliphatic carbocycles. The molecule has 110 valence electrons. The van der Waals surface area contributed by atoms with Crippen molar-refractivity contribution in [2.45, 2.75) is 19.5 Å². The molecule has 0 amide bonds. The molecule has 5 heteroatoms. The van der Waals surface area contributed by atoms with E-state index in [0.29, 0.717) is 17.7 Å². The van der Waals surface area contributed by atoms with Gasteiger partial charge in [0.25, 0.3) is 0 Å². The lowest BCUT2D eigenvalue weighted by Crippen LogP contribution is -2.20. The van der Waals surface area contributed by atoms with Crippen LogP contribution in [0.4, 0.5) is 4.39 Å². The molecular weight excluding hydrogens is 269 g/mol. The molecule has 0 saturated carbocycles. The van der Waals surface area contributed by atoms with E-state index in [0.717, 1.165) is 5.56 Å². The molecule has 21 heavy (non-hydrogen) atoms. The molecule has 2 aromatic rings. The zero-order chi connectivity index (χ0) is 15.2. The maximum atomic E-state index is 13.7. The summed E-state index contributed by atoms with van der Waals surface area (Å²) in [5.74, 6) is -0.151. The first-order chi connectivity index (χ1) is 10.1. The third-order valence-corrected chi connectivity index (χ3v) is 3.31. The second-order valence-corrected chi connectivity index (χ2v) is 4.81. The summed E-state index contributed by atoms with van der Waals surface area (Å²) >= 11 is 0. The van der Waals surface area contributed by atoms with Crippen LogP contribution in [0.25, 0.3) is 0 Å². The Morgan fingerprint density at radius 3 is 2.76 bits per heavy atom. The number of amidine groups is 1. The number of nitrogens with zero attached hydrogens (tertiary/aromatic N) is 1. The molecule has 0 fully saturated rings. The summed E-state index contributed by atoms with van der Waals surface area (Å²) in [6.45, 7) is 2.47. The normalized spacial score (nSPS) is 13.1. The molecule has 4 N–H and O–H groups in total. The van der Waals surface area contributed by atoms with Gasteiger partial charge in [-0.3, -0.25) is 0 Å². The predicted octanol–water partition coefficient (Wildman–Crippen LogP) is 2.77. The fraction of sp³-hybridized carbons (Fsp3) is 0.188. The van der Waals surface area contributed by atoms with Crippen molar-refractivity contribution >= 4 is 5.84 Å². The maximum Gasteiger partial charge on any atom is 0.170 e. The minimum atomic E-state index is -0.220. The van der Waals surface area contributed by atoms with Crippen molar-refractivity contribution in [1.82, 2.24) is 5.32 Å². The van der Waals surface area contributed by atoms with Crippen LogP contribution in [0.1, 0.15) is 29.7 Å². The quantitative estimate of drug-likeness (QED) is 0.343. The lowest BCUT2D eigenvalue weighted by atomic mass is 10.1. The van der Waals surface area contributed by atoms with Crippen molar-refractivity contribution in [3.8, 4) is 0 Å². The predicted molar refractivity (Wildman–Crippen MR) is 80.6 cm³/mol. The molecule has 0 bridgehead atoms. The second-order valence-electron chi connectivity index (χ2n) is 4.81. The minimum Gasteiger partial charge on any atom is -0.409 e. The van der Waals surface area contributed by atoms with Crippen LogP contribution in [0.3, 0.4) is 0 Å². The summed E-state index contributed by atoms with van der Waals surface area (Å²) in [6.07, 6.45) is 0. The molecule has 0 spiro atoms. The fourth-order valence-corrected chi connectivity index (χ4v) is 2.11. The molecular formula is C16H18FN3O. The van der Waals surface area contributed by atoms with E-state index >= 15 is 0 Å². The zero-order valence-electron chi connectivity index (χ0n) is 11.8. The van der Waals surface area contributed by atoms with Gasteiger partial charge in [-0.1, -0.05) is 41.6 Å².